The van der Waals surface area contributed by atoms with Crippen LogP contribution in [0.5, 0.6) is 0 Å². The van der Waals surface area contributed by atoms with Crippen molar-refractivity contribution in [2.45, 2.75) is 26.3 Å². The van der Waals surface area contributed by atoms with Crippen LogP contribution in [0.1, 0.15) is 29.9 Å². The second kappa shape index (κ2) is 4.23. The third kappa shape index (κ3) is 2.74. The average Bonchev–Trinajstić information content (AvgIpc) is 2.16. The Kier molecular flexibility index (Phi) is 3.19. The largest absolute Gasteiger partial charge is 0.478 e. The molecule has 0 amide bonds. The minimum atomic E-state index is -0.979. The van der Waals surface area contributed by atoms with Crippen LogP contribution in [0.15, 0.2) is 12.1 Å². The lowest BCUT2D eigenvalue weighted by Gasteiger charge is -2.20. The van der Waals surface area contributed by atoms with Crippen LogP contribution >= 0.6 is 0 Å². The van der Waals surface area contributed by atoms with E-state index in [0.29, 0.717) is 11.5 Å². The molecule has 84 valence electrons. The second-order valence-electron chi connectivity index (χ2n) is 4.03. The highest BCUT2D eigenvalue weighted by molar-refractivity contribution is 5.89. The molecule has 0 aromatic carbocycles. The number of hydrogen-bond acceptors (Lipinski definition) is 3. The molecule has 4 nitrogen and oxygen atoms in total. The van der Waals surface area contributed by atoms with Crippen LogP contribution in [0.4, 0.5) is 5.82 Å². The van der Waals surface area contributed by atoms with Crippen LogP contribution in [-0.2, 0) is 0 Å². The van der Waals surface area contributed by atoms with Gasteiger partial charge >= 0.3 is 5.97 Å². The van der Waals surface area contributed by atoms with Gasteiger partial charge in [-0.1, -0.05) is 5.92 Å². The van der Waals surface area contributed by atoms with Gasteiger partial charge in [0.2, 0.25) is 0 Å². The molecular weight excluding hydrogens is 204 g/mol. The van der Waals surface area contributed by atoms with Crippen LogP contribution in [0, 0.1) is 19.3 Å². The Hall–Kier alpha value is -2.02. The zero-order valence-corrected chi connectivity index (χ0v) is 9.53. The van der Waals surface area contributed by atoms with Crippen LogP contribution in [0.25, 0.3) is 0 Å². The number of hydrogen-bond donors (Lipinski definition) is 2. The number of rotatable bonds is 3. The van der Waals surface area contributed by atoms with Crippen molar-refractivity contribution in [3.05, 3.63) is 23.4 Å². The Morgan fingerprint density at radius 1 is 1.56 bits per heavy atom. The Labute approximate surface area is 94.7 Å². The summed E-state index contributed by atoms with van der Waals surface area (Å²) in [7, 11) is 0. The average molecular weight is 218 g/mol. The van der Waals surface area contributed by atoms with Gasteiger partial charge < -0.3 is 10.4 Å². The number of carbonyl (C=O) groups is 1. The summed E-state index contributed by atoms with van der Waals surface area (Å²) in [5.74, 6) is 2.17. The lowest BCUT2D eigenvalue weighted by Crippen LogP contribution is -2.29. The Bertz CT molecular complexity index is 459. The van der Waals surface area contributed by atoms with Crippen LogP contribution in [-0.4, -0.2) is 21.6 Å². The second-order valence-corrected chi connectivity index (χ2v) is 4.03. The molecule has 0 unspecified atom stereocenters. The van der Waals surface area contributed by atoms with Gasteiger partial charge in [-0.25, -0.2) is 9.78 Å². The number of carboxylic acids is 1. The number of nitrogens with one attached hydrogen (secondary N) is 1. The predicted octanol–water partition coefficient (Wildman–Crippen LogP) is 1.91. The van der Waals surface area contributed by atoms with Gasteiger partial charge in [-0.15, -0.1) is 6.42 Å². The molecule has 0 saturated heterocycles. The minimum absolute atomic E-state index is 0.198. The highest BCUT2D eigenvalue weighted by atomic mass is 16.4. The van der Waals surface area contributed by atoms with Crippen molar-refractivity contribution in [2.24, 2.45) is 0 Å². The molecule has 4 heteroatoms. The molecule has 0 radical (unpaired) electrons. The molecule has 0 atom stereocenters. The van der Waals surface area contributed by atoms with Gasteiger partial charge in [0.1, 0.15) is 5.82 Å². The van der Waals surface area contributed by atoms with Crippen molar-refractivity contribution in [3.63, 3.8) is 0 Å². The molecule has 16 heavy (non-hydrogen) atoms. The summed E-state index contributed by atoms with van der Waals surface area (Å²) in [6.07, 6.45) is 5.34. The van der Waals surface area contributed by atoms with E-state index >= 15 is 0 Å². The molecule has 0 fully saturated rings. The first-order chi connectivity index (χ1) is 7.35. The van der Waals surface area contributed by atoms with Crippen LogP contribution in [0.3, 0.4) is 0 Å². The van der Waals surface area contributed by atoms with E-state index in [-0.39, 0.29) is 5.56 Å². The van der Waals surface area contributed by atoms with Gasteiger partial charge in [0.25, 0.3) is 0 Å². The van der Waals surface area contributed by atoms with Gasteiger partial charge in [0.05, 0.1) is 16.8 Å². The molecule has 0 aliphatic carbocycles. The molecule has 1 rings (SSSR count). The fraction of sp³-hybridized carbons (Fsp3) is 0.333. The third-order valence-electron chi connectivity index (χ3n) is 2.12. The van der Waals surface area contributed by atoms with Crippen molar-refractivity contribution in [3.8, 4) is 12.3 Å². The van der Waals surface area contributed by atoms with Crippen molar-refractivity contribution >= 4 is 11.8 Å². The molecule has 0 aliphatic rings. The number of pyridine rings is 1. The number of aryl methyl sites for hydroxylation is 1. The molecule has 1 aromatic heterocycles. The predicted molar refractivity (Wildman–Crippen MR) is 62.5 cm³/mol. The molecule has 2 N–H and O–H groups in total. The topological polar surface area (TPSA) is 62.2 Å². The zero-order valence-electron chi connectivity index (χ0n) is 9.53. The summed E-state index contributed by atoms with van der Waals surface area (Å²) >= 11 is 0. The summed E-state index contributed by atoms with van der Waals surface area (Å²) in [6, 6.07) is 3.12. The highest BCUT2D eigenvalue weighted by Gasteiger charge is 2.15. The molecule has 0 saturated carbocycles. The molecular formula is C12H14N2O2. The van der Waals surface area contributed by atoms with Gasteiger partial charge in [-0.2, -0.15) is 0 Å². The van der Waals surface area contributed by atoms with Crippen molar-refractivity contribution in [2.75, 3.05) is 5.32 Å². The molecule has 0 spiro atoms. The van der Waals surface area contributed by atoms with Gasteiger partial charge in [0, 0.05) is 0 Å². The first-order valence-corrected chi connectivity index (χ1v) is 4.82. The lowest BCUT2D eigenvalue weighted by molar-refractivity contribution is 0.0695. The smallest absolute Gasteiger partial charge is 0.337 e. The molecule has 0 bridgehead atoms. The van der Waals surface area contributed by atoms with Gasteiger partial charge in [-0.05, 0) is 32.9 Å². The van der Waals surface area contributed by atoms with Crippen LogP contribution < -0.4 is 5.32 Å². The summed E-state index contributed by atoms with van der Waals surface area (Å²) < 4.78 is 0. The zero-order chi connectivity index (χ0) is 12.3. The van der Waals surface area contributed by atoms with Gasteiger partial charge in [0.15, 0.2) is 0 Å². The minimum Gasteiger partial charge on any atom is -0.478 e. The van der Waals surface area contributed by atoms with Crippen molar-refractivity contribution in [1.29, 1.82) is 0 Å². The Balaban J connectivity index is 2.99. The fourth-order valence-corrected chi connectivity index (χ4v) is 1.21. The number of anilines is 1. The summed E-state index contributed by atoms with van der Waals surface area (Å²) in [6.45, 7) is 5.34. The van der Waals surface area contributed by atoms with E-state index in [2.05, 4.69) is 16.2 Å². The molecule has 1 aromatic rings. The summed E-state index contributed by atoms with van der Waals surface area (Å²) in [5, 5.41) is 11.9. The van der Waals surface area contributed by atoms with E-state index in [0.717, 1.165) is 0 Å². The quantitative estimate of drug-likeness (QED) is 0.761. The lowest BCUT2D eigenvalue weighted by atomic mass is 10.1. The standard InChI is InChI=1S/C12H14N2O2/c1-5-12(3,4)14-10-7-6-9(11(15)16)8(2)13-10/h1,6-7H,2-4H3,(H,13,14)(H,15,16). The fourth-order valence-electron chi connectivity index (χ4n) is 1.21. The normalized spacial score (nSPS) is 10.6. The number of carboxylic acid groups (broad SMARTS) is 1. The van der Waals surface area contributed by atoms with E-state index in [1.54, 1.807) is 13.0 Å². The van der Waals surface area contributed by atoms with Crippen LogP contribution in [0.2, 0.25) is 0 Å². The van der Waals surface area contributed by atoms with E-state index in [1.807, 2.05) is 13.8 Å². The molecule has 0 aliphatic heterocycles. The number of aromatic carboxylic acids is 1. The highest BCUT2D eigenvalue weighted by Crippen LogP contribution is 2.15. The summed E-state index contributed by atoms with van der Waals surface area (Å²) in [5.41, 5.74) is 0.152. The first-order valence-electron chi connectivity index (χ1n) is 4.82. The van der Waals surface area contributed by atoms with E-state index in [4.69, 9.17) is 11.5 Å². The third-order valence-corrected chi connectivity index (χ3v) is 2.12. The number of terminal acetylenes is 1. The van der Waals surface area contributed by atoms with E-state index in [9.17, 15) is 4.79 Å². The van der Waals surface area contributed by atoms with Crippen molar-refractivity contribution < 1.29 is 9.90 Å². The number of nitrogens with zero attached hydrogens (tertiary/aromatic N) is 1. The van der Waals surface area contributed by atoms with E-state index in [1.165, 1.54) is 6.07 Å². The Morgan fingerprint density at radius 2 is 2.19 bits per heavy atom. The maximum absolute atomic E-state index is 10.8. The first kappa shape index (κ1) is 12.1. The summed E-state index contributed by atoms with van der Waals surface area (Å²) in [4.78, 5) is 14.9. The maximum atomic E-state index is 10.8. The Morgan fingerprint density at radius 3 is 2.62 bits per heavy atom. The number of aromatic nitrogens is 1. The molecule has 1 heterocycles. The SMILES string of the molecule is C#CC(C)(C)Nc1ccc(C(=O)O)c(C)n1. The van der Waals surface area contributed by atoms with Gasteiger partial charge in [-0.3, -0.25) is 0 Å². The monoisotopic (exact) mass is 218 g/mol. The maximum Gasteiger partial charge on any atom is 0.337 e. The van der Waals surface area contributed by atoms with Crippen molar-refractivity contribution in [1.82, 2.24) is 4.98 Å². The van der Waals surface area contributed by atoms with E-state index < -0.39 is 11.5 Å².